The van der Waals surface area contributed by atoms with Gasteiger partial charge in [-0.15, -0.1) is 11.3 Å². The Bertz CT molecular complexity index is 761. The first-order valence-electron chi connectivity index (χ1n) is 9.99. The Morgan fingerprint density at radius 1 is 1.14 bits per heavy atom. The summed E-state index contributed by atoms with van der Waals surface area (Å²) in [6, 6.07) is 6.12. The zero-order valence-corrected chi connectivity index (χ0v) is 18.4. The van der Waals surface area contributed by atoms with Crippen LogP contribution in [0.25, 0.3) is 0 Å². The van der Waals surface area contributed by atoms with Gasteiger partial charge in [-0.2, -0.15) is 0 Å². The molecule has 1 unspecified atom stereocenters. The van der Waals surface area contributed by atoms with Gasteiger partial charge in [-0.05, 0) is 51.8 Å². The van der Waals surface area contributed by atoms with Gasteiger partial charge in [-0.25, -0.2) is 9.98 Å². The number of aliphatic imine (C=N–C) groups is 1. The van der Waals surface area contributed by atoms with Crippen LogP contribution < -0.4 is 20.1 Å². The van der Waals surface area contributed by atoms with Crippen LogP contribution in [0.4, 0.5) is 0 Å². The second kappa shape index (κ2) is 11.5. The first-order chi connectivity index (χ1) is 13.6. The standard InChI is InChI=1S/C21H32N4O2S/c1-6-17-13-23-20(28-17)14-24-21(22-7-2)25-15(5)16-10-11-18(26-8-3)19(12-16)27-9-4/h10-13,15H,6-9,14H2,1-5H3,(H2,22,24,25). The zero-order valence-electron chi connectivity index (χ0n) is 17.5. The van der Waals surface area contributed by atoms with E-state index in [1.54, 1.807) is 11.3 Å². The van der Waals surface area contributed by atoms with E-state index >= 15 is 0 Å². The quantitative estimate of drug-likeness (QED) is 0.456. The molecule has 1 aromatic carbocycles. The maximum Gasteiger partial charge on any atom is 0.192 e. The van der Waals surface area contributed by atoms with Crippen molar-refractivity contribution in [3.8, 4) is 11.5 Å². The van der Waals surface area contributed by atoms with Crippen LogP contribution in [0, 0.1) is 0 Å². The minimum atomic E-state index is 0.0650. The molecular weight excluding hydrogens is 372 g/mol. The highest BCUT2D eigenvalue weighted by molar-refractivity contribution is 7.11. The van der Waals surface area contributed by atoms with Crippen LogP contribution in [0.1, 0.15) is 56.1 Å². The van der Waals surface area contributed by atoms with Crippen LogP contribution in [-0.4, -0.2) is 30.7 Å². The summed E-state index contributed by atoms with van der Waals surface area (Å²) in [5.41, 5.74) is 1.11. The molecule has 0 amide bonds. The molecule has 0 fully saturated rings. The average Bonchev–Trinajstić information content (AvgIpc) is 3.16. The first-order valence-corrected chi connectivity index (χ1v) is 10.8. The Kier molecular flexibility index (Phi) is 9.07. The number of thiazole rings is 1. The molecule has 2 N–H and O–H groups in total. The van der Waals surface area contributed by atoms with E-state index in [-0.39, 0.29) is 6.04 Å². The van der Waals surface area contributed by atoms with Crippen molar-refractivity contribution in [2.24, 2.45) is 4.99 Å². The molecule has 0 aliphatic carbocycles. The van der Waals surface area contributed by atoms with Gasteiger partial charge in [0.2, 0.25) is 0 Å². The highest BCUT2D eigenvalue weighted by atomic mass is 32.1. The van der Waals surface area contributed by atoms with Crippen molar-refractivity contribution in [2.45, 2.75) is 53.6 Å². The number of nitrogens with zero attached hydrogens (tertiary/aromatic N) is 2. The minimum absolute atomic E-state index is 0.0650. The van der Waals surface area contributed by atoms with E-state index in [0.29, 0.717) is 19.8 Å². The number of hydrogen-bond acceptors (Lipinski definition) is 5. The second-order valence-corrected chi connectivity index (χ2v) is 7.41. The van der Waals surface area contributed by atoms with Crippen molar-refractivity contribution >= 4 is 17.3 Å². The average molecular weight is 405 g/mol. The summed E-state index contributed by atoms with van der Waals surface area (Å²) in [6.45, 7) is 12.8. The lowest BCUT2D eigenvalue weighted by molar-refractivity contribution is 0.287. The number of benzene rings is 1. The lowest BCUT2D eigenvalue weighted by Crippen LogP contribution is -2.38. The molecule has 1 atom stereocenters. The van der Waals surface area contributed by atoms with E-state index in [9.17, 15) is 0 Å². The van der Waals surface area contributed by atoms with Gasteiger partial charge in [0.1, 0.15) is 5.01 Å². The molecular formula is C21H32N4O2S. The molecule has 0 spiro atoms. The van der Waals surface area contributed by atoms with Gasteiger partial charge >= 0.3 is 0 Å². The number of guanidine groups is 1. The molecule has 2 aromatic rings. The molecule has 0 saturated carbocycles. The SMILES string of the molecule is CCNC(=NCc1ncc(CC)s1)NC(C)c1ccc(OCC)c(OCC)c1. The van der Waals surface area contributed by atoms with Gasteiger partial charge in [0.05, 0.1) is 25.8 Å². The monoisotopic (exact) mass is 404 g/mol. The molecule has 0 aliphatic rings. The van der Waals surface area contributed by atoms with Crippen LogP contribution in [-0.2, 0) is 13.0 Å². The smallest absolute Gasteiger partial charge is 0.192 e. The Morgan fingerprint density at radius 3 is 2.54 bits per heavy atom. The number of aromatic nitrogens is 1. The summed E-state index contributed by atoms with van der Waals surface area (Å²) in [7, 11) is 0. The number of hydrogen-bond donors (Lipinski definition) is 2. The van der Waals surface area contributed by atoms with E-state index < -0.39 is 0 Å². The largest absolute Gasteiger partial charge is 0.490 e. The topological polar surface area (TPSA) is 67.8 Å². The second-order valence-electron chi connectivity index (χ2n) is 6.21. The number of aryl methyl sites for hydroxylation is 1. The van der Waals surface area contributed by atoms with E-state index in [2.05, 4.69) is 47.4 Å². The lowest BCUT2D eigenvalue weighted by Gasteiger charge is -2.20. The third-order valence-electron chi connectivity index (χ3n) is 4.09. The molecule has 0 radical (unpaired) electrons. The normalized spacial score (nSPS) is 12.5. The van der Waals surface area contributed by atoms with Crippen LogP contribution in [0.2, 0.25) is 0 Å². The van der Waals surface area contributed by atoms with Crippen molar-refractivity contribution < 1.29 is 9.47 Å². The summed E-state index contributed by atoms with van der Waals surface area (Å²) in [5, 5.41) is 7.80. The molecule has 0 saturated heterocycles. The number of rotatable bonds is 10. The summed E-state index contributed by atoms with van der Waals surface area (Å²) in [4.78, 5) is 10.4. The zero-order chi connectivity index (χ0) is 20.4. The maximum absolute atomic E-state index is 5.75. The fourth-order valence-corrected chi connectivity index (χ4v) is 3.46. The number of nitrogens with one attached hydrogen (secondary N) is 2. The van der Waals surface area contributed by atoms with Crippen molar-refractivity contribution in [1.29, 1.82) is 0 Å². The summed E-state index contributed by atoms with van der Waals surface area (Å²) in [6.07, 6.45) is 2.95. The molecule has 1 aromatic heterocycles. The third-order valence-corrected chi connectivity index (χ3v) is 5.21. The van der Waals surface area contributed by atoms with E-state index in [0.717, 1.165) is 41.0 Å². The van der Waals surface area contributed by atoms with Crippen molar-refractivity contribution in [1.82, 2.24) is 15.6 Å². The molecule has 28 heavy (non-hydrogen) atoms. The fraction of sp³-hybridized carbons (Fsp3) is 0.524. The third kappa shape index (κ3) is 6.41. The van der Waals surface area contributed by atoms with Crippen molar-refractivity contribution in [3.63, 3.8) is 0 Å². The molecule has 7 heteroatoms. The fourth-order valence-electron chi connectivity index (χ4n) is 2.68. The Balaban J connectivity index is 2.10. The van der Waals surface area contributed by atoms with Crippen LogP contribution in [0.5, 0.6) is 11.5 Å². The summed E-state index contributed by atoms with van der Waals surface area (Å²) < 4.78 is 11.4. The minimum Gasteiger partial charge on any atom is -0.490 e. The molecule has 154 valence electrons. The highest BCUT2D eigenvalue weighted by Gasteiger charge is 2.12. The van der Waals surface area contributed by atoms with E-state index in [4.69, 9.17) is 9.47 Å². The lowest BCUT2D eigenvalue weighted by atomic mass is 10.1. The molecule has 0 aliphatic heterocycles. The van der Waals surface area contributed by atoms with E-state index in [1.807, 2.05) is 32.2 Å². The van der Waals surface area contributed by atoms with Crippen LogP contribution >= 0.6 is 11.3 Å². The Labute approximate surface area is 172 Å². The van der Waals surface area contributed by atoms with Gasteiger partial charge in [0, 0.05) is 17.6 Å². The molecule has 2 rings (SSSR count). The molecule has 0 bridgehead atoms. The summed E-state index contributed by atoms with van der Waals surface area (Å²) >= 11 is 1.72. The van der Waals surface area contributed by atoms with E-state index in [1.165, 1.54) is 4.88 Å². The van der Waals surface area contributed by atoms with Gasteiger partial charge in [0.25, 0.3) is 0 Å². The molecule has 1 heterocycles. The summed E-state index contributed by atoms with van der Waals surface area (Å²) in [5.74, 6) is 2.32. The maximum atomic E-state index is 5.75. The van der Waals surface area contributed by atoms with Gasteiger partial charge in [0.15, 0.2) is 17.5 Å². The van der Waals surface area contributed by atoms with Crippen molar-refractivity contribution in [2.75, 3.05) is 19.8 Å². The van der Waals surface area contributed by atoms with Crippen LogP contribution in [0.15, 0.2) is 29.4 Å². The highest BCUT2D eigenvalue weighted by Crippen LogP contribution is 2.30. The predicted octanol–water partition coefficient (Wildman–Crippen LogP) is 4.32. The van der Waals surface area contributed by atoms with Crippen LogP contribution in [0.3, 0.4) is 0 Å². The molecule has 6 nitrogen and oxygen atoms in total. The number of ether oxygens (including phenoxy) is 2. The Morgan fingerprint density at radius 2 is 1.89 bits per heavy atom. The van der Waals surface area contributed by atoms with Gasteiger partial charge in [-0.3, -0.25) is 0 Å². The van der Waals surface area contributed by atoms with Gasteiger partial charge < -0.3 is 20.1 Å². The van der Waals surface area contributed by atoms with Gasteiger partial charge in [-0.1, -0.05) is 13.0 Å². The first kappa shape index (κ1) is 22.0. The predicted molar refractivity (Wildman–Crippen MR) is 117 cm³/mol. The van der Waals surface area contributed by atoms with Crippen molar-refractivity contribution in [3.05, 3.63) is 39.8 Å². The Hall–Kier alpha value is -2.28.